The SMILES string of the molecule is CNc1cc(C(=O)O)nc(-c2cccc(Br)c2)n1. The van der Waals surface area contributed by atoms with E-state index in [1.165, 1.54) is 6.07 Å². The number of aromatic nitrogens is 2. The second kappa shape index (κ2) is 5.14. The second-order valence-corrected chi connectivity index (χ2v) is 4.44. The molecule has 0 aliphatic heterocycles. The molecule has 0 saturated carbocycles. The first-order valence-corrected chi connectivity index (χ1v) is 5.95. The summed E-state index contributed by atoms with van der Waals surface area (Å²) in [6.07, 6.45) is 0. The molecule has 0 radical (unpaired) electrons. The average molecular weight is 308 g/mol. The van der Waals surface area contributed by atoms with Crippen LogP contribution >= 0.6 is 15.9 Å². The largest absolute Gasteiger partial charge is 0.477 e. The Labute approximate surface area is 112 Å². The number of carboxylic acid groups (broad SMARTS) is 1. The van der Waals surface area contributed by atoms with Gasteiger partial charge in [0.15, 0.2) is 11.5 Å². The summed E-state index contributed by atoms with van der Waals surface area (Å²) in [5.74, 6) is -0.233. The standard InChI is InChI=1S/C12H10BrN3O2/c1-14-10-6-9(12(17)18)15-11(16-10)7-3-2-4-8(13)5-7/h2-6H,1H3,(H,17,18)(H,14,15,16). The Kier molecular flexibility index (Phi) is 3.57. The summed E-state index contributed by atoms with van der Waals surface area (Å²) in [5.41, 5.74) is 0.716. The summed E-state index contributed by atoms with van der Waals surface area (Å²) in [7, 11) is 1.68. The molecule has 0 unspecified atom stereocenters. The van der Waals surface area contributed by atoms with Crippen molar-refractivity contribution in [3.05, 3.63) is 40.5 Å². The third kappa shape index (κ3) is 2.65. The van der Waals surface area contributed by atoms with E-state index in [2.05, 4.69) is 31.2 Å². The number of carbonyl (C=O) groups is 1. The number of carboxylic acids is 1. The topological polar surface area (TPSA) is 75.1 Å². The molecule has 0 spiro atoms. The Bertz CT molecular complexity index is 602. The maximum absolute atomic E-state index is 11.0. The lowest BCUT2D eigenvalue weighted by atomic mass is 10.2. The van der Waals surface area contributed by atoms with Crippen LogP contribution in [0.3, 0.4) is 0 Å². The van der Waals surface area contributed by atoms with E-state index >= 15 is 0 Å². The van der Waals surface area contributed by atoms with E-state index in [0.29, 0.717) is 11.6 Å². The first-order chi connectivity index (χ1) is 8.60. The third-order valence-electron chi connectivity index (χ3n) is 2.28. The van der Waals surface area contributed by atoms with Crippen molar-refractivity contribution in [2.24, 2.45) is 0 Å². The fraction of sp³-hybridized carbons (Fsp3) is 0.0833. The summed E-state index contributed by atoms with van der Waals surface area (Å²) in [4.78, 5) is 19.3. The van der Waals surface area contributed by atoms with Gasteiger partial charge in [-0.2, -0.15) is 0 Å². The van der Waals surface area contributed by atoms with Crippen molar-refractivity contribution in [2.75, 3.05) is 12.4 Å². The highest BCUT2D eigenvalue weighted by Crippen LogP contribution is 2.21. The Morgan fingerprint density at radius 1 is 1.33 bits per heavy atom. The molecule has 1 aromatic carbocycles. The number of aromatic carboxylic acids is 1. The minimum Gasteiger partial charge on any atom is -0.477 e. The number of anilines is 1. The fourth-order valence-electron chi connectivity index (χ4n) is 1.44. The zero-order valence-corrected chi connectivity index (χ0v) is 11.1. The number of halogens is 1. The zero-order chi connectivity index (χ0) is 13.1. The summed E-state index contributed by atoms with van der Waals surface area (Å²) in [6, 6.07) is 8.77. The molecule has 2 aromatic rings. The van der Waals surface area contributed by atoms with Gasteiger partial charge in [0, 0.05) is 23.2 Å². The van der Waals surface area contributed by atoms with Gasteiger partial charge in [0.2, 0.25) is 0 Å². The molecule has 1 aromatic heterocycles. The van der Waals surface area contributed by atoms with E-state index in [1.807, 2.05) is 24.3 Å². The Morgan fingerprint density at radius 3 is 2.72 bits per heavy atom. The molecule has 2 rings (SSSR count). The Balaban J connectivity index is 2.56. The molecule has 0 fully saturated rings. The van der Waals surface area contributed by atoms with E-state index in [0.717, 1.165) is 10.0 Å². The normalized spacial score (nSPS) is 10.1. The highest BCUT2D eigenvalue weighted by Gasteiger charge is 2.11. The van der Waals surface area contributed by atoms with Crippen molar-refractivity contribution in [1.82, 2.24) is 9.97 Å². The lowest BCUT2D eigenvalue weighted by molar-refractivity contribution is 0.0690. The summed E-state index contributed by atoms with van der Waals surface area (Å²) in [6.45, 7) is 0. The van der Waals surface area contributed by atoms with Gasteiger partial charge in [-0.25, -0.2) is 14.8 Å². The van der Waals surface area contributed by atoms with Gasteiger partial charge in [0.1, 0.15) is 5.82 Å². The highest BCUT2D eigenvalue weighted by molar-refractivity contribution is 9.10. The highest BCUT2D eigenvalue weighted by atomic mass is 79.9. The number of benzene rings is 1. The predicted molar refractivity (Wildman–Crippen MR) is 71.7 cm³/mol. The molecule has 5 nitrogen and oxygen atoms in total. The van der Waals surface area contributed by atoms with Crippen molar-refractivity contribution in [2.45, 2.75) is 0 Å². The number of hydrogen-bond donors (Lipinski definition) is 2. The fourth-order valence-corrected chi connectivity index (χ4v) is 1.84. The van der Waals surface area contributed by atoms with Gasteiger partial charge in [-0.15, -0.1) is 0 Å². The van der Waals surface area contributed by atoms with Gasteiger partial charge in [-0.05, 0) is 12.1 Å². The summed E-state index contributed by atoms with van der Waals surface area (Å²) < 4.78 is 0.885. The predicted octanol–water partition coefficient (Wildman–Crippen LogP) is 2.65. The molecular weight excluding hydrogens is 298 g/mol. The van der Waals surface area contributed by atoms with Gasteiger partial charge < -0.3 is 10.4 Å². The van der Waals surface area contributed by atoms with Crippen LogP contribution in [0.2, 0.25) is 0 Å². The second-order valence-electron chi connectivity index (χ2n) is 3.53. The molecule has 0 atom stereocenters. The molecule has 0 aliphatic rings. The van der Waals surface area contributed by atoms with Crippen LogP contribution in [0.5, 0.6) is 0 Å². The first kappa shape index (κ1) is 12.5. The van der Waals surface area contributed by atoms with Gasteiger partial charge >= 0.3 is 5.97 Å². The molecule has 0 aliphatic carbocycles. The van der Waals surface area contributed by atoms with Crippen molar-refractivity contribution in [3.8, 4) is 11.4 Å². The van der Waals surface area contributed by atoms with Crippen LogP contribution in [-0.4, -0.2) is 28.1 Å². The number of hydrogen-bond acceptors (Lipinski definition) is 4. The van der Waals surface area contributed by atoms with E-state index in [4.69, 9.17) is 5.11 Å². The molecule has 0 bridgehead atoms. The van der Waals surface area contributed by atoms with Crippen LogP contribution in [0.1, 0.15) is 10.5 Å². The summed E-state index contributed by atoms with van der Waals surface area (Å²) >= 11 is 3.35. The van der Waals surface area contributed by atoms with Crippen molar-refractivity contribution >= 4 is 27.7 Å². The van der Waals surface area contributed by atoms with Crippen LogP contribution in [0.15, 0.2) is 34.8 Å². The van der Waals surface area contributed by atoms with Crippen LogP contribution in [0.4, 0.5) is 5.82 Å². The molecule has 6 heteroatoms. The third-order valence-corrected chi connectivity index (χ3v) is 2.78. The van der Waals surface area contributed by atoms with E-state index in [9.17, 15) is 4.79 Å². The quantitative estimate of drug-likeness (QED) is 0.911. The van der Waals surface area contributed by atoms with E-state index < -0.39 is 5.97 Å². The van der Waals surface area contributed by atoms with Gasteiger partial charge in [-0.3, -0.25) is 0 Å². The molecule has 0 saturated heterocycles. The molecule has 2 N–H and O–H groups in total. The Morgan fingerprint density at radius 2 is 2.11 bits per heavy atom. The van der Waals surface area contributed by atoms with Crippen molar-refractivity contribution in [1.29, 1.82) is 0 Å². The number of nitrogens with zero attached hydrogens (tertiary/aromatic N) is 2. The minimum absolute atomic E-state index is 0.0377. The van der Waals surface area contributed by atoms with Crippen LogP contribution in [-0.2, 0) is 0 Å². The van der Waals surface area contributed by atoms with Crippen molar-refractivity contribution in [3.63, 3.8) is 0 Å². The van der Waals surface area contributed by atoms with Gasteiger partial charge in [-0.1, -0.05) is 28.1 Å². The van der Waals surface area contributed by atoms with Gasteiger partial charge in [0.25, 0.3) is 0 Å². The molecular formula is C12H10BrN3O2. The number of nitrogens with one attached hydrogen (secondary N) is 1. The van der Waals surface area contributed by atoms with Crippen LogP contribution in [0, 0.1) is 0 Å². The van der Waals surface area contributed by atoms with Gasteiger partial charge in [0.05, 0.1) is 0 Å². The Hall–Kier alpha value is -1.95. The average Bonchev–Trinajstić information content (AvgIpc) is 2.38. The molecule has 0 amide bonds. The number of rotatable bonds is 3. The monoisotopic (exact) mass is 307 g/mol. The smallest absolute Gasteiger partial charge is 0.354 e. The van der Waals surface area contributed by atoms with E-state index in [1.54, 1.807) is 7.05 Å². The first-order valence-electron chi connectivity index (χ1n) is 5.16. The van der Waals surface area contributed by atoms with Crippen LogP contribution < -0.4 is 5.32 Å². The maximum Gasteiger partial charge on any atom is 0.354 e. The molecule has 92 valence electrons. The summed E-state index contributed by atoms with van der Waals surface area (Å²) in [5, 5.41) is 11.8. The zero-order valence-electron chi connectivity index (χ0n) is 9.51. The van der Waals surface area contributed by atoms with Crippen LogP contribution in [0.25, 0.3) is 11.4 Å². The lowest BCUT2D eigenvalue weighted by Crippen LogP contribution is -2.05. The molecule has 18 heavy (non-hydrogen) atoms. The van der Waals surface area contributed by atoms with E-state index in [-0.39, 0.29) is 5.69 Å². The molecule has 1 heterocycles. The lowest BCUT2D eigenvalue weighted by Gasteiger charge is -2.05. The maximum atomic E-state index is 11.0. The van der Waals surface area contributed by atoms with Crippen molar-refractivity contribution < 1.29 is 9.90 Å². The minimum atomic E-state index is -1.08.